The molecule has 0 aliphatic carbocycles. The van der Waals surface area contributed by atoms with E-state index < -0.39 is 5.41 Å². The number of benzene rings is 1. The number of guanidine groups is 1. The minimum absolute atomic E-state index is 0.0206. The Balaban J connectivity index is 2.68. The largest absolute Gasteiger partial charge is 0.370 e. The van der Waals surface area contributed by atoms with Crippen LogP contribution in [0.3, 0.4) is 0 Å². The topological polar surface area (TPSA) is 79.5 Å². The molecule has 0 aliphatic heterocycles. The second kappa shape index (κ2) is 7.11. The van der Waals surface area contributed by atoms with Gasteiger partial charge in [0.2, 0.25) is 5.91 Å². The summed E-state index contributed by atoms with van der Waals surface area (Å²) in [5.74, 6) is 0.295. The summed E-state index contributed by atoms with van der Waals surface area (Å²) < 4.78 is 0. The van der Waals surface area contributed by atoms with Crippen molar-refractivity contribution in [2.45, 2.75) is 34.6 Å². The molecule has 0 heterocycles. The molecule has 116 valence electrons. The van der Waals surface area contributed by atoms with E-state index in [1.807, 2.05) is 45.9 Å². The first-order valence-corrected chi connectivity index (χ1v) is 7.18. The van der Waals surface area contributed by atoms with Crippen LogP contribution in [0.2, 0.25) is 0 Å². The molecule has 0 bridgehead atoms. The van der Waals surface area contributed by atoms with E-state index in [1.54, 1.807) is 0 Å². The normalized spacial score (nSPS) is 12.1. The van der Waals surface area contributed by atoms with Gasteiger partial charge in [0.05, 0.1) is 12.0 Å². The van der Waals surface area contributed by atoms with Gasteiger partial charge < -0.3 is 16.4 Å². The molecule has 1 aromatic carbocycles. The van der Waals surface area contributed by atoms with Gasteiger partial charge >= 0.3 is 0 Å². The van der Waals surface area contributed by atoms with Crippen LogP contribution in [0, 0.1) is 19.3 Å². The quantitative estimate of drug-likeness (QED) is 0.574. The number of nitrogens with zero attached hydrogens (tertiary/aromatic N) is 1. The fourth-order valence-electron chi connectivity index (χ4n) is 1.76. The third-order valence-electron chi connectivity index (χ3n) is 3.38. The lowest BCUT2D eigenvalue weighted by molar-refractivity contribution is -0.128. The average molecular weight is 290 g/mol. The number of rotatable bonds is 5. The molecule has 0 aromatic heterocycles. The molecule has 0 spiro atoms. The summed E-state index contributed by atoms with van der Waals surface area (Å²) >= 11 is 0. The summed E-state index contributed by atoms with van der Waals surface area (Å²) in [4.78, 5) is 16.1. The van der Waals surface area contributed by atoms with Crippen molar-refractivity contribution in [1.29, 1.82) is 0 Å². The molecule has 0 saturated carbocycles. The highest BCUT2D eigenvalue weighted by Gasteiger charge is 2.26. The molecular formula is C16H26N4O. The second-order valence-electron chi connectivity index (χ2n) is 5.87. The Morgan fingerprint density at radius 1 is 1.29 bits per heavy atom. The Kier molecular flexibility index (Phi) is 5.76. The Labute approximate surface area is 127 Å². The molecule has 0 aliphatic rings. The fourth-order valence-corrected chi connectivity index (χ4v) is 1.76. The standard InChI is InChI=1S/C16H26N4O/c1-6-18-14(21)16(4,5)10-19-15(17)20-13-8-7-11(2)12(3)9-13/h7-9H,6,10H2,1-5H3,(H,18,21)(H3,17,19,20). The lowest BCUT2D eigenvalue weighted by Crippen LogP contribution is -2.39. The van der Waals surface area contributed by atoms with Crippen LogP contribution in [-0.2, 0) is 4.79 Å². The van der Waals surface area contributed by atoms with E-state index >= 15 is 0 Å². The van der Waals surface area contributed by atoms with Crippen molar-refractivity contribution in [3.8, 4) is 0 Å². The predicted molar refractivity (Wildman–Crippen MR) is 88.5 cm³/mol. The molecule has 0 fully saturated rings. The zero-order valence-electron chi connectivity index (χ0n) is 13.6. The van der Waals surface area contributed by atoms with Crippen LogP contribution >= 0.6 is 0 Å². The molecule has 21 heavy (non-hydrogen) atoms. The second-order valence-corrected chi connectivity index (χ2v) is 5.87. The number of amides is 1. The van der Waals surface area contributed by atoms with Crippen LogP contribution in [0.1, 0.15) is 31.9 Å². The molecule has 1 amide bonds. The van der Waals surface area contributed by atoms with E-state index in [1.165, 1.54) is 11.1 Å². The van der Waals surface area contributed by atoms with Crippen molar-refractivity contribution in [3.05, 3.63) is 29.3 Å². The van der Waals surface area contributed by atoms with E-state index in [9.17, 15) is 4.79 Å². The highest BCUT2D eigenvalue weighted by molar-refractivity contribution is 5.92. The van der Waals surface area contributed by atoms with E-state index in [2.05, 4.69) is 22.5 Å². The van der Waals surface area contributed by atoms with Crippen molar-refractivity contribution >= 4 is 17.6 Å². The van der Waals surface area contributed by atoms with Crippen LogP contribution in [0.15, 0.2) is 23.2 Å². The van der Waals surface area contributed by atoms with Gasteiger partial charge in [0.1, 0.15) is 0 Å². The van der Waals surface area contributed by atoms with Crippen molar-refractivity contribution in [2.75, 3.05) is 18.4 Å². The molecule has 1 aromatic rings. The minimum Gasteiger partial charge on any atom is -0.370 e. The molecule has 1 rings (SSSR count). The van der Waals surface area contributed by atoms with Crippen molar-refractivity contribution < 1.29 is 4.79 Å². The van der Waals surface area contributed by atoms with Gasteiger partial charge in [-0.05, 0) is 57.9 Å². The molecule has 0 saturated heterocycles. The van der Waals surface area contributed by atoms with Gasteiger partial charge in [-0.25, -0.2) is 0 Å². The molecule has 5 heteroatoms. The van der Waals surface area contributed by atoms with Gasteiger partial charge in [-0.15, -0.1) is 0 Å². The van der Waals surface area contributed by atoms with E-state index in [0.717, 1.165) is 5.69 Å². The summed E-state index contributed by atoms with van der Waals surface area (Å²) in [6.07, 6.45) is 0. The van der Waals surface area contributed by atoms with Gasteiger partial charge in [0, 0.05) is 12.2 Å². The maximum atomic E-state index is 11.9. The van der Waals surface area contributed by atoms with Gasteiger partial charge in [0.15, 0.2) is 5.96 Å². The molecule has 0 radical (unpaired) electrons. The fraction of sp³-hybridized carbons (Fsp3) is 0.500. The molecule has 4 N–H and O–H groups in total. The molecular weight excluding hydrogens is 264 g/mol. The van der Waals surface area contributed by atoms with Crippen molar-refractivity contribution in [2.24, 2.45) is 16.1 Å². The minimum atomic E-state index is -0.578. The first-order chi connectivity index (χ1) is 9.76. The van der Waals surface area contributed by atoms with Crippen molar-refractivity contribution in [3.63, 3.8) is 0 Å². The molecule has 5 nitrogen and oxygen atoms in total. The molecule has 0 unspecified atom stereocenters. The van der Waals surface area contributed by atoms with Crippen LogP contribution in [0.25, 0.3) is 0 Å². The van der Waals surface area contributed by atoms with Gasteiger partial charge in [-0.3, -0.25) is 9.79 Å². The number of aryl methyl sites for hydroxylation is 2. The smallest absolute Gasteiger partial charge is 0.227 e. The summed E-state index contributed by atoms with van der Waals surface area (Å²) in [6, 6.07) is 6.01. The van der Waals surface area contributed by atoms with Crippen LogP contribution < -0.4 is 16.4 Å². The van der Waals surface area contributed by atoms with E-state index in [-0.39, 0.29) is 5.91 Å². The first kappa shape index (κ1) is 17.0. The van der Waals surface area contributed by atoms with Crippen LogP contribution in [-0.4, -0.2) is 25.0 Å². The van der Waals surface area contributed by atoms with Gasteiger partial charge in [-0.2, -0.15) is 0 Å². The van der Waals surface area contributed by atoms with Crippen LogP contribution in [0.5, 0.6) is 0 Å². The number of hydrogen-bond donors (Lipinski definition) is 3. The maximum Gasteiger partial charge on any atom is 0.227 e. The zero-order valence-corrected chi connectivity index (χ0v) is 13.6. The lowest BCUT2D eigenvalue weighted by atomic mass is 9.92. The average Bonchev–Trinajstić information content (AvgIpc) is 2.41. The zero-order chi connectivity index (χ0) is 16.0. The maximum absolute atomic E-state index is 11.9. The number of anilines is 1. The third kappa shape index (κ3) is 5.10. The monoisotopic (exact) mass is 290 g/mol. The third-order valence-corrected chi connectivity index (χ3v) is 3.38. The number of aliphatic imine (C=N–C) groups is 1. The Bertz CT molecular complexity index is 535. The Hall–Kier alpha value is -2.04. The Morgan fingerprint density at radius 3 is 2.52 bits per heavy atom. The van der Waals surface area contributed by atoms with Crippen molar-refractivity contribution in [1.82, 2.24) is 5.32 Å². The number of nitrogens with one attached hydrogen (secondary N) is 2. The number of nitrogens with two attached hydrogens (primary N) is 1. The van der Waals surface area contributed by atoms with E-state index in [0.29, 0.717) is 19.0 Å². The summed E-state index contributed by atoms with van der Waals surface area (Å²) in [7, 11) is 0. The lowest BCUT2D eigenvalue weighted by Gasteiger charge is -2.21. The SMILES string of the molecule is CCNC(=O)C(C)(C)CN=C(N)Nc1ccc(C)c(C)c1. The highest BCUT2D eigenvalue weighted by Crippen LogP contribution is 2.16. The summed E-state index contributed by atoms with van der Waals surface area (Å²) in [6.45, 7) is 10.7. The van der Waals surface area contributed by atoms with E-state index in [4.69, 9.17) is 5.73 Å². The molecule has 0 atom stereocenters. The number of carbonyl (C=O) groups excluding carboxylic acids is 1. The predicted octanol–water partition coefficient (Wildman–Crippen LogP) is 2.19. The number of hydrogen-bond acceptors (Lipinski definition) is 2. The summed E-state index contributed by atoms with van der Waals surface area (Å²) in [5, 5.41) is 5.85. The van der Waals surface area contributed by atoms with Gasteiger partial charge in [-0.1, -0.05) is 6.07 Å². The Morgan fingerprint density at radius 2 is 1.95 bits per heavy atom. The summed E-state index contributed by atoms with van der Waals surface area (Å²) in [5.41, 5.74) is 8.62. The van der Waals surface area contributed by atoms with Gasteiger partial charge in [0.25, 0.3) is 0 Å². The highest BCUT2D eigenvalue weighted by atomic mass is 16.2. The number of carbonyl (C=O) groups is 1. The van der Waals surface area contributed by atoms with Crippen LogP contribution in [0.4, 0.5) is 5.69 Å². The first-order valence-electron chi connectivity index (χ1n) is 7.18.